The summed E-state index contributed by atoms with van der Waals surface area (Å²) in [7, 11) is 1.43. The molecule has 5 heteroatoms. The number of ether oxygens (including phenoxy) is 2. The Labute approximate surface area is 106 Å². The van der Waals surface area contributed by atoms with Gasteiger partial charge in [-0.15, -0.1) is 0 Å². The van der Waals surface area contributed by atoms with Gasteiger partial charge in [0, 0.05) is 24.8 Å². The number of methoxy groups -OCH3 is 1. The summed E-state index contributed by atoms with van der Waals surface area (Å²) in [5.41, 5.74) is 6.84. The maximum atomic E-state index is 13.4. The first-order valence-corrected chi connectivity index (χ1v) is 6.13. The second-order valence-electron chi connectivity index (χ2n) is 4.56. The van der Waals surface area contributed by atoms with Gasteiger partial charge in [-0.3, -0.25) is 0 Å². The van der Waals surface area contributed by atoms with E-state index in [9.17, 15) is 4.39 Å². The van der Waals surface area contributed by atoms with Gasteiger partial charge in [-0.2, -0.15) is 0 Å². The van der Waals surface area contributed by atoms with Crippen molar-refractivity contribution in [2.45, 2.75) is 31.9 Å². The van der Waals surface area contributed by atoms with Gasteiger partial charge in [0.15, 0.2) is 11.6 Å². The van der Waals surface area contributed by atoms with Crippen LogP contribution in [0.3, 0.4) is 0 Å². The third kappa shape index (κ3) is 2.67. The van der Waals surface area contributed by atoms with Crippen LogP contribution in [0.5, 0.6) is 5.75 Å². The van der Waals surface area contributed by atoms with Crippen LogP contribution in [0.2, 0.25) is 0 Å². The zero-order chi connectivity index (χ0) is 13.1. The molecule has 0 aliphatic carbocycles. The number of nitrogen functional groups attached to an aromatic ring is 1. The van der Waals surface area contributed by atoms with Crippen molar-refractivity contribution in [1.82, 2.24) is 0 Å². The van der Waals surface area contributed by atoms with Crippen LogP contribution >= 0.6 is 0 Å². The molecular weight excluding hydrogens is 235 g/mol. The lowest BCUT2D eigenvalue weighted by atomic mass is 10.1. The minimum absolute atomic E-state index is 0.130. The highest BCUT2D eigenvalue weighted by Crippen LogP contribution is 2.29. The van der Waals surface area contributed by atoms with Crippen molar-refractivity contribution in [3.05, 3.63) is 17.9 Å². The third-order valence-electron chi connectivity index (χ3n) is 3.23. The quantitative estimate of drug-likeness (QED) is 0.810. The van der Waals surface area contributed by atoms with Gasteiger partial charge in [0.25, 0.3) is 0 Å². The van der Waals surface area contributed by atoms with Crippen molar-refractivity contribution in [3.8, 4) is 5.75 Å². The summed E-state index contributed by atoms with van der Waals surface area (Å²) in [6, 6.07) is 2.98. The van der Waals surface area contributed by atoms with Crippen LogP contribution in [-0.2, 0) is 4.74 Å². The lowest BCUT2D eigenvalue weighted by Gasteiger charge is -2.22. The predicted octanol–water partition coefficient (Wildman–Crippen LogP) is 2.40. The zero-order valence-electron chi connectivity index (χ0n) is 10.7. The van der Waals surface area contributed by atoms with Crippen molar-refractivity contribution in [1.29, 1.82) is 0 Å². The summed E-state index contributed by atoms with van der Waals surface area (Å²) in [5.74, 6) is -0.267. The van der Waals surface area contributed by atoms with Crippen LogP contribution in [0, 0.1) is 5.82 Å². The third-order valence-corrected chi connectivity index (χ3v) is 3.23. The van der Waals surface area contributed by atoms with Gasteiger partial charge in [-0.05, 0) is 19.8 Å². The highest BCUT2D eigenvalue weighted by Gasteiger charge is 2.23. The molecule has 0 spiro atoms. The first kappa shape index (κ1) is 13.0. The fraction of sp³-hybridized carbons (Fsp3) is 0.538. The van der Waals surface area contributed by atoms with Gasteiger partial charge >= 0.3 is 0 Å². The zero-order valence-corrected chi connectivity index (χ0v) is 10.7. The summed E-state index contributed by atoms with van der Waals surface area (Å²) >= 11 is 0. The van der Waals surface area contributed by atoms with Crippen molar-refractivity contribution in [2.24, 2.45) is 0 Å². The first-order valence-electron chi connectivity index (χ1n) is 6.13. The molecule has 1 heterocycles. The number of hydrogen-bond donors (Lipinski definition) is 2. The minimum Gasteiger partial charge on any atom is -0.494 e. The van der Waals surface area contributed by atoms with E-state index in [1.165, 1.54) is 13.2 Å². The Morgan fingerprint density at radius 3 is 2.94 bits per heavy atom. The number of nitrogens with one attached hydrogen (secondary N) is 1. The lowest BCUT2D eigenvalue weighted by Crippen LogP contribution is -2.30. The number of halogens is 1. The molecule has 0 saturated carbocycles. The fourth-order valence-corrected chi connectivity index (χ4v) is 2.19. The average molecular weight is 254 g/mol. The van der Waals surface area contributed by atoms with E-state index in [2.05, 4.69) is 5.32 Å². The van der Waals surface area contributed by atoms with E-state index in [0.29, 0.717) is 11.4 Å². The predicted molar refractivity (Wildman–Crippen MR) is 69.4 cm³/mol. The molecule has 2 rings (SSSR count). The van der Waals surface area contributed by atoms with E-state index in [1.54, 1.807) is 6.07 Å². The molecule has 4 nitrogen and oxygen atoms in total. The Hall–Kier alpha value is -1.49. The Morgan fingerprint density at radius 1 is 1.56 bits per heavy atom. The molecule has 0 aromatic heterocycles. The van der Waals surface area contributed by atoms with Gasteiger partial charge in [-0.1, -0.05) is 0 Å². The molecule has 0 bridgehead atoms. The van der Waals surface area contributed by atoms with Crippen LogP contribution in [0.25, 0.3) is 0 Å². The molecule has 100 valence electrons. The van der Waals surface area contributed by atoms with Crippen molar-refractivity contribution in [3.63, 3.8) is 0 Å². The van der Waals surface area contributed by atoms with E-state index >= 15 is 0 Å². The molecule has 3 N–H and O–H groups in total. The van der Waals surface area contributed by atoms with E-state index in [-0.39, 0.29) is 17.9 Å². The second kappa shape index (κ2) is 5.44. The highest BCUT2D eigenvalue weighted by molar-refractivity contribution is 5.69. The molecule has 1 aromatic rings. The maximum Gasteiger partial charge on any atom is 0.167 e. The number of benzene rings is 1. The van der Waals surface area contributed by atoms with Gasteiger partial charge in [0.2, 0.25) is 0 Å². The van der Waals surface area contributed by atoms with Crippen LogP contribution < -0.4 is 15.8 Å². The molecule has 0 radical (unpaired) electrons. The van der Waals surface area contributed by atoms with E-state index in [1.807, 2.05) is 6.92 Å². The van der Waals surface area contributed by atoms with Crippen LogP contribution in [0.15, 0.2) is 12.1 Å². The molecule has 18 heavy (non-hydrogen) atoms. The molecular formula is C13H19FN2O2. The largest absolute Gasteiger partial charge is 0.494 e. The van der Waals surface area contributed by atoms with Crippen LogP contribution in [-0.4, -0.2) is 25.9 Å². The normalized spacial score (nSPS) is 20.7. The van der Waals surface area contributed by atoms with Crippen molar-refractivity contribution < 1.29 is 13.9 Å². The molecule has 2 atom stereocenters. The van der Waals surface area contributed by atoms with Crippen molar-refractivity contribution >= 4 is 11.4 Å². The second-order valence-corrected chi connectivity index (χ2v) is 4.56. The fourth-order valence-electron chi connectivity index (χ4n) is 2.19. The van der Waals surface area contributed by atoms with Crippen LogP contribution in [0.4, 0.5) is 15.8 Å². The number of rotatable bonds is 4. The number of nitrogens with two attached hydrogens (primary N) is 1. The molecule has 1 fully saturated rings. The summed E-state index contributed by atoms with van der Waals surface area (Å²) in [6.45, 7) is 2.84. The highest BCUT2D eigenvalue weighted by atomic mass is 19.1. The van der Waals surface area contributed by atoms with Crippen LogP contribution in [0.1, 0.15) is 19.8 Å². The standard InChI is InChI=1S/C13H19FN2O2/c1-8(12-4-3-5-18-12)16-11-7-13(17-2)9(14)6-10(11)15/h6-8,12,16H,3-5,15H2,1-2H3. The summed E-state index contributed by atoms with van der Waals surface area (Å²) < 4.78 is 24.0. The molecule has 1 aliphatic heterocycles. The maximum absolute atomic E-state index is 13.4. The number of hydrogen-bond acceptors (Lipinski definition) is 4. The average Bonchev–Trinajstić information content (AvgIpc) is 2.86. The Morgan fingerprint density at radius 2 is 2.33 bits per heavy atom. The Bertz CT molecular complexity index is 420. The topological polar surface area (TPSA) is 56.5 Å². The van der Waals surface area contributed by atoms with E-state index in [0.717, 1.165) is 19.4 Å². The van der Waals surface area contributed by atoms with Gasteiger partial charge in [-0.25, -0.2) is 4.39 Å². The Balaban J connectivity index is 2.12. The van der Waals surface area contributed by atoms with E-state index < -0.39 is 5.82 Å². The van der Waals surface area contributed by atoms with Gasteiger partial charge in [0.1, 0.15) is 0 Å². The molecule has 1 saturated heterocycles. The number of anilines is 2. The molecule has 0 amide bonds. The van der Waals surface area contributed by atoms with Gasteiger partial charge in [0.05, 0.1) is 24.6 Å². The SMILES string of the molecule is COc1cc(NC(C)C2CCCO2)c(N)cc1F. The van der Waals surface area contributed by atoms with Gasteiger partial charge < -0.3 is 20.5 Å². The van der Waals surface area contributed by atoms with E-state index in [4.69, 9.17) is 15.2 Å². The molecule has 1 aromatic carbocycles. The summed E-state index contributed by atoms with van der Waals surface area (Å²) in [6.07, 6.45) is 2.30. The molecule has 1 aliphatic rings. The van der Waals surface area contributed by atoms with Crippen molar-refractivity contribution in [2.75, 3.05) is 24.8 Å². The smallest absolute Gasteiger partial charge is 0.167 e. The lowest BCUT2D eigenvalue weighted by molar-refractivity contribution is 0.0997. The summed E-state index contributed by atoms with van der Waals surface area (Å²) in [4.78, 5) is 0. The molecule has 2 unspecified atom stereocenters. The monoisotopic (exact) mass is 254 g/mol. The first-order chi connectivity index (χ1) is 8.61. The Kier molecular flexibility index (Phi) is 3.91. The minimum atomic E-state index is -0.453. The summed E-state index contributed by atoms with van der Waals surface area (Å²) in [5, 5.41) is 3.26.